The van der Waals surface area contributed by atoms with Gasteiger partial charge in [0.25, 0.3) is 11.8 Å². The third kappa shape index (κ3) is 3.98. The molecule has 0 atom stereocenters. The van der Waals surface area contributed by atoms with Crippen molar-refractivity contribution in [2.75, 3.05) is 13.1 Å². The summed E-state index contributed by atoms with van der Waals surface area (Å²) in [5, 5.41) is 7.58. The van der Waals surface area contributed by atoms with Crippen molar-refractivity contribution in [3.63, 3.8) is 0 Å². The number of esters is 1. The predicted octanol–water partition coefficient (Wildman–Crippen LogP) is 4.12. The van der Waals surface area contributed by atoms with Crippen molar-refractivity contribution in [1.29, 1.82) is 0 Å². The Balaban J connectivity index is 1.62. The van der Waals surface area contributed by atoms with Crippen LogP contribution in [0, 0.1) is 0 Å². The van der Waals surface area contributed by atoms with E-state index in [2.05, 4.69) is 10.6 Å². The van der Waals surface area contributed by atoms with Crippen LogP contribution in [0.15, 0.2) is 60.9 Å². The summed E-state index contributed by atoms with van der Waals surface area (Å²) in [6, 6.07) is 15.5. The van der Waals surface area contributed by atoms with Crippen LogP contribution in [0.2, 0.25) is 0 Å². The van der Waals surface area contributed by atoms with E-state index in [1.165, 1.54) is 0 Å². The van der Waals surface area contributed by atoms with E-state index in [1.807, 2.05) is 97.9 Å². The zero-order chi connectivity index (χ0) is 27.5. The van der Waals surface area contributed by atoms with Crippen LogP contribution in [0.4, 0.5) is 0 Å². The number of para-hydroxylation sites is 2. The van der Waals surface area contributed by atoms with Gasteiger partial charge >= 0.3 is 5.97 Å². The summed E-state index contributed by atoms with van der Waals surface area (Å²) < 4.78 is 9.90. The van der Waals surface area contributed by atoms with Crippen LogP contribution in [0.25, 0.3) is 33.0 Å². The van der Waals surface area contributed by atoms with Crippen molar-refractivity contribution >= 4 is 50.7 Å². The van der Waals surface area contributed by atoms with Crippen LogP contribution in [0.3, 0.4) is 0 Å². The molecule has 200 valence electrons. The van der Waals surface area contributed by atoms with E-state index in [-0.39, 0.29) is 5.97 Å². The highest BCUT2D eigenvalue weighted by molar-refractivity contribution is 6.50. The molecule has 4 aromatic rings. The van der Waals surface area contributed by atoms with E-state index in [4.69, 9.17) is 4.74 Å². The highest BCUT2D eigenvalue weighted by Gasteiger charge is 2.46. The molecule has 2 aromatic carbocycles. The molecule has 0 aliphatic carbocycles. The largest absolute Gasteiger partial charge is 0.458 e. The topological polar surface area (TPSA) is 94.4 Å². The number of hydrogen-bond acceptors (Lipinski definition) is 5. The van der Waals surface area contributed by atoms with Crippen LogP contribution in [0.1, 0.15) is 44.7 Å². The highest BCUT2D eigenvalue weighted by atomic mass is 16.6. The van der Waals surface area contributed by atoms with Gasteiger partial charge in [-0.3, -0.25) is 14.9 Å². The Morgan fingerprint density at radius 3 is 2.00 bits per heavy atom. The molecular formula is C31H32N4O4. The Kier molecular flexibility index (Phi) is 5.77. The zero-order valence-corrected chi connectivity index (χ0v) is 22.6. The van der Waals surface area contributed by atoms with E-state index < -0.39 is 23.0 Å². The van der Waals surface area contributed by atoms with Gasteiger partial charge < -0.3 is 19.2 Å². The number of hydrogen-bond donors (Lipinski definition) is 2. The molecule has 6 rings (SSSR count). The third-order valence-corrected chi connectivity index (χ3v) is 7.75. The van der Waals surface area contributed by atoms with Crippen LogP contribution < -0.4 is 10.6 Å². The van der Waals surface area contributed by atoms with Crippen LogP contribution in [-0.4, -0.2) is 45.6 Å². The Bertz CT molecular complexity index is 1690. The number of nitrogens with zero attached hydrogens (tertiary/aromatic N) is 2. The van der Waals surface area contributed by atoms with Gasteiger partial charge in [0.1, 0.15) is 11.1 Å². The van der Waals surface area contributed by atoms with Gasteiger partial charge in [0.05, 0.1) is 11.1 Å². The molecule has 4 heterocycles. The lowest BCUT2D eigenvalue weighted by molar-refractivity contribution is -0.167. The average Bonchev–Trinajstić information content (AvgIpc) is 3.54. The van der Waals surface area contributed by atoms with Crippen molar-refractivity contribution in [1.82, 2.24) is 19.8 Å². The second-order valence-corrected chi connectivity index (χ2v) is 11.4. The summed E-state index contributed by atoms with van der Waals surface area (Å²) in [7, 11) is 1.92. The second-order valence-electron chi connectivity index (χ2n) is 11.4. The van der Waals surface area contributed by atoms with Gasteiger partial charge in [-0.05, 0) is 58.8 Å². The number of amides is 2. The van der Waals surface area contributed by atoms with Gasteiger partial charge in [-0.2, -0.15) is 0 Å². The Morgan fingerprint density at radius 1 is 0.846 bits per heavy atom. The van der Waals surface area contributed by atoms with Crippen molar-refractivity contribution < 1.29 is 19.1 Å². The van der Waals surface area contributed by atoms with Crippen LogP contribution in [0.5, 0.6) is 0 Å². The van der Waals surface area contributed by atoms with Crippen molar-refractivity contribution in [3.05, 3.63) is 72.1 Å². The van der Waals surface area contributed by atoms with Gasteiger partial charge in [-0.15, -0.1) is 0 Å². The van der Waals surface area contributed by atoms with Crippen LogP contribution >= 0.6 is 0 Å². The lowest BCUT2D eigenvalue weighted by Crippen LogP contribution is -2.51. The number of piperidine rings is 1. The molecule has 0 unspecified atom stereocenters. The maximum absolute atomic E-state index is 13.8. The number of fused-ring (bicyclic) bond motifs is 2. The summed E-state index contributed by atoms with van der Waals surface area (Å²) in [5.41, 5.74) is 2.17. The van der Waals surface area contributed by atoms with Gasteiger partial charge in [-0.1, -0.05) is 36.4 Å². The van der Waals surface area contributed by atoms with Gasteiger partial charge in [-0.25, -0.2) is 4.79 Å². The average molecular weight is 525 g/mol. The number of ether oxygens (including phenoxy) is 1. The minimum Gasteiger partial charge on any atom is -0.458 e. The first kappa shape index (κ1) is 25.1. The monoisotopic (exact) mass is 524 g/mol. The molecule has 39 heavy (non-hydrogen) atoms. The zero-order valence-electron chi connectivity index (χ0n) is 22.6. The molecular weight excluding hydrogens is 492 g/mol. The van der Waals surface area contributed by atoms with E-state index in [9.17, 15) is 14.4 Å². The lowest BCUT2D eigenvalue weighted by atomic mass is 9.87. The van der Waals surface area contributed by atoms with Crippen molar-refractivity contribution in [2.45, 2.75) is 44.8 Å². The molecule has 2 aliphatic rings. The lowest BCUT2D eigenvalue weighted by Gasteiger charge is -2.39. The summed E-state index contributed by atoms with van der Waals surface area (Å²) in [6.07, 6.45) is 4.85. The smallest absolute Gasteiger partial charge is 0.332 e. The number of rotatable bonds is 4. The van der Waals surface area contributed by atoms with E-state index in [0.29, 0.717) is 48.2 Å². The summed E-state index contributed by atoms with van der Waals surface area (Å²) in [6.45, 7) is 6.92. The Hall–Kier alpha value is -4.17. The first-order valence-electron chi connectivity index (χ1n) is 13.3. The first-order chi connectivity index (χ1) is 18.6. The van der Waals surface area contributed by atoms with Crippen molar-refractivity contribution in [3.8, 4) is 0 Å². The molecule has 0 radical (unpaired) electrons. The molecule has 2 aliphatic heterocycles. The summed E-state index contributed by atoms with van der Waals surface area (Å²) in [4.78, 5) is 40.6. The van der Waals surface area contributed by atoms with Gasteiger partial charge in [0.15, 0.2) is 0 Å². The Labute approximate surface area is 226 Å². The number of carbonyl (C=O) groups excluding carboxylic acids is 3. The predicted molar refractivity (Wildman–Crippen MR) is 151 cm³/mol. The normalized spacial score (nSPS) is 17.7. The number of aryl methyl sites for hydroxylation is 1. The maximum Gasteiger partial charge on any atom is 0.332 e. The minimum absolute atomic E-state index is 0.293. The fourth-order valence-electron chi connectivity index (χ4n) is 6.00. The quantitative estimate of drug-likeness (QED) is 0.309. The number of benzene rings is 2. The molecule has 0 bridgehead atoms. The molecule has 2 aromatic heterocycles. The number of aromatic nitrogens is 2. The van der Waals surface area contributed by atoms with E-state index in [1.54, 1.807) is 0 Å². The molecule has 2 N–H and O–H groups in total. The fraction of sp³-hybridized carbons (Fsp3) is 0.323. The standard InChI is InChI=1S/C31H32N4O4/c1-30(2,3)39-29(38)31(13-15-32-16-14-31)35-18-22(20-10-6-8-12-24(20)35)26-25(27(36)33-28(26)37)21-17-34(4)23-11-7-5-9-19(21)23/h5-12,17-18,32H,13-16H2,1-4H3,(H,33,36,37). The molecule has 1 saturated heterocycles. The van der Waals surface area contributed by atoms with Gasteiger partial charge in [0.2, 0.25) is 0 Å². The number of nitrogens with one attached hydrogen (secondary N) is 2. The van der Waals surface area contributed by atoms with Gasteiger partial charge in [0, 0.05) is 52.4 Å². The van der Waals surface area contributed by atoms with E-state index >= 15 is 0 Å². The third-order valence-electron chi connectivity index (χ3n) is 7.75. The first-order valence-corrected chi connectivity index (χ1v) is 13.3. The Morgan fingerprint density at radius 2 is 1.38 bits per heavy atom. The molecule has 0 saturated carbocycles. The molecule has 0 spiro atoms. The van der Waals surface area contributed by atoms with Crippen LogP contribution in [-0.2, 0) is 31.7 Å². The molecule has 1 fully saturated rings. The second kappa shape index (κ2) is 8.95. The fourth-order valence-corrected chi connectivity index (χ4v) is 6.00. The number of carbonyl (C=O) groups is 3. The maximum atomic E-state index is 13.8. The summed E-state index contributed by atoms with van der Waals surface area (Å²) in [5.74, 6) is -1.16. The van der Waals surface area contributed by atoms with E-state index in [0.717, 1.165) is 21.8 Å². The highest BCUT2D eigenvalue weighted by Crippen LogP contribution is 2.42. The van der Waals surface area contributed by atoms with Crippen molar-refractivity contribution in [2.24, 2.45) is 7.05 Å². The molecule has 8 nitrogen and oxygen atoms in total. The molecule has 8 heteroatoms. The SMILES string of the molecule is Cn1cc(C2=C(c3cn(C4(C(=O)OC(C)(C)C)CCNCC4)c4ccccc34)C(=O)NC2=O)c2ccccc21. The number of imide groups is 1. The summed E-state index contributed by atoms with van der Waals surface area (Å²) >= 11 is 0. The minimum atomic E-state index is -0.949. The molecule has 2 amide bonds.